The molecule has 19 heavy (non-hydrogen) atoms. The van der Waals surface area contributed by atoms with Gasteiger partial charge in [-0.05, 0) is 18.6 Å². The molecule has 0 saturated carbocycles. The molecule has 1 aromatic rings. The number of carbonyl (C=O) groups excluding carboxylic acids is 1. The molecule has 0 aliphatic carbocycles. The van der Waals surface area contributed by atoms with E-state index in [1.54, 1.807) is 20.2 Å². The van der Waals surface area contributed by atoms with Gasteiger partial charge in [0.2, 0.25) is 0 Å². The summed E-state index contributed by atoms with van der Waals surface area (Å²) in [5.41, 5.74) is 0.0809. The normalized spacial score (nSPS) is 11.3. The molecule has 1 rings (SSSR count). The first-order valence-corrected chi connectivity index (χ1v) is 7.97. The van der Waals surface area contributed by atoms with Crippen LogP contribution in [0.3, 0.4) is 0 Å². The Balaban J connectivity index is 2.94. The standard InChI is InChI=1S/C12H16ClNO4S/c1-14(8-5-9-18-2)12(15)10-6-3-4-7-11(10)19(13,16)17/h3-4,6-7H,5,8-9H2,1-2H3. The Kier molecular flexibility index (Phi) is 5.78. The molecule has 0 aliphatic heterocycles. The lowest BCUT2D eigenvalue weighted by Gasteiger charge is -2.18. The Morgan fingerprint density at radius 1 is 1.37 bits per heavy atom. The molecule has 0 N–H and O–H groups in total. The summed E-state index contributed by atoms with van der Waals surface area (Å²) in [6.45, 7) is 1.01. The van der Waals surface area contributed by atoms with Crippen molar-refractivity contribution in [2.75, 3.05) is 27.3 Å². The molecule has 0 unspecified atom stereocenters. The number of rotatable bonds is 6. The molecule has 0 atom stereocenters. The van der Waals surface area contributed by atoms with Gasteiger partial charge in [0.1, 0.15) is 0 Å². The summed E-state index contributed by atoms with van der Waals surface area (Å²) in [7, 11) is 4.57. The molecular weight excluding hydrogens is 290 g/mol. The zero-order chi connectivity index (χ0) is 14.5. The lowest BCUT2D eigenvalue weighted by atomic mass is 10.2. The molecule has 7 heteroatoms. The van der Waals surface area contributed by atoms with Crippen LogP contribution in [0, 0.1) is 0 Å². The number of halogens is 1. The van der Waals surface area contributed by atoms with Crippen LogP contribution in [0.2, 0.25) is 0 Å². The maximum Gasteiger partial charge on any atom is 0.262 e. The average molecular weight is 306 g/mol. The molecule has 1 amide bonds. The monoisotopic (exact) mass is 305 g/mol. The Morgan fingerprint density at radius 2 is 2.00 bits per heavy atom. The largest absolute Gasteiger partial charge is 0.385 e. The van der Waals surface area contributed by atoms with Crippen molar-refractivity contribution in [3.63, 3.8) is 0 Å². The molecule has 0 saturated heterocycles. The number of amides is 1. The van der Waals surface area contributed by atoms with Crippen LogP contribution < -0.4 is 0 Å². The Labute approximate surface area is 117 Å². The van der Waals surface area contributed by atoms with Gasteiger partial charge in [-0.2, -0.15) is 0 Å². The summed E-state index contributed by atoms with van der Waals surface area (Å²) in [4.78, 5) is 13.4. The predicted molar refractivity (Wildman–Crippen MR) is 72.9 cm³/mol. The molecule has 0 aromatic heterocycles. The fourth-order valence-electron chi connectivity index (χ4n) is 1.61. The highest BCUT2D eigenvalue weighted by atomic mass is 35.7. The van der Waals surface area contributed by atoms with Crippen molar-refractivity contribution in [1.29, 1.82) is 0 Å². The van der Waals surface area contributed by atoms with Gasteiger partial charge in [-0.15, -0.1) is 0 Å². The number of hydrogen-bond donors (Lipinski definition) is 0. The fourth-order valence-corrected chi connectivity index (χ4v) is 2.67. The van der Waals surface area contributed by atoms with Crippen LogP contribution in [0.25, 0.3) is 0 Å². The van der Waals surface area contributed by atoms with Crippen LogP contribution in [0.4, 0.5) is 0 Å². The zero-order valence-corrected chi connectivity index (χ0v) is 12.4. The summed E-state index contributed by atoms with van der Waals surface area (Å²) in [6.07, 6.45) is 0.675. The first-order chi connectivity index (χ1) is 8.88. The molecule has 0 spiro atoms. The number of hydrogen-bond acceptors (Lipinski definition) is 4. The third kappa shape index (κ3) is 4.49. The van der Waals surface area contributed by atoms with Gasteiger partial charge in [-0.3, -0.25) is 4.79 Å². The molecule has 0 bridgehead atoms. The lowest BCUT2D eigenvalue weighted by Crippen LogP contribution is -2.29. The van der Waals surface area contributed by atoms with E-state index in [1.807, 2.05) is 0 Å². The van der Waals surface area contributed by atoms with E-state index in [-0.39, 0.29) is 16.4 Å². The topological polar surface area (TPSA) is 63.7 Å². The number of carbonyl (C=O) groups is 1. The summed E-state index contributed by atoms with van der Waals surface area (Å²) in [5.74, 6) is -0.379. The molecule has 106 valence electrons. The van der Waals surface area contributed by atoms with E-state index in [0.717, 1.165) is 0 Å². The summed E-state index contributed by atoms with van der Waals surface area (Å²) >= 11 is 0. The number of methoxy groups -OCH3 is 1. The summed E-state index contributed by atoms with van der Waals surface area (Å²) < 4.78 is 27.7. The molecule has 5 nitrogen and oxygen atoms in total. The minimum Gasteiger partial charge on any atom is -0.385 e. The smallest absolute Gasteiger partial charge is 0.262 e. The second-order valence-electron chi connectivity index (χ2n) is 4.01. The van der Waals surface area contributed by atoms with Crippen molar-refractivity contribution in [3.8, 4) is 0 Å². The van der Waals surface area contributed by atoms with Gasteiger partial charge in [-0.25, -0.2) is 8.42 Å². The van der Waals surface area contributed by atoms with Crippen LogP contribution in [0.5, 0.6) is 0 Å². The second-order valence-corrected chi connectivity index (χ2v) is 6.54. The van der Waals surface area contributed by atoms with E-state index >= 15 is 0 Å². The van der Waals surface area contributed by atoms with Gasteiger partial charge >= 0.3 is 0 Å². The van der Waals surface area contributed by atoms with Crippen molar-refractivity contribution in [1.82, 2.24) is 4.90 Å². The van der Waals surface area contributed by atoms with Crippen LogP contribution in [-0.4, -0.2) is 46.5 Å². The van der Waals surface area contributed by atoms with Gasteiger partial charge in [0, 0.05) is 38.0 Å². The van der Waals surface area contributed by atoms with Crippen molar-refractivity contribution in [2.24, 2.45) is 0 Å². The average Bonchev–Trinajstić information content (AvgIpc) is 2.37. The maximum absolute atomic E-state index is 12.2. The fraction of sp³-hybridized carbons (Fsp3) is 0.417. The SMILES string of the molecule is COCCCN(C)C(=O)c1ccccc1S(=O)(=O)Cl. The zero-order valence-electron chi connectivity index (χ0n) is 10.8. The predicted octanol–water partition coefficient (Wildman–Crippen LogP) is 1.72. The van der Waals surface area contributed by atoms with Gasteiger partial charge in [0.25, 0.3) is 15.0 Å². The minimum atomic E-state index is -3.94. The lowest BCUT2D eigenvalue weighted by molar-refractivity contribution is 0.0775. The Hall–Kier alpha value is -1.11. The highest BCUT2D eigenvalue weighted by Crippen LogP contribution is 2.20. The maximum atomic E-state index is 12.2. The number of benzene rings is 1. The third-order valence-electron chi connectivity index (χ3n) is 2.57. The van der Waals surface area contributed by atoms with Crippen LogP contribution in [0.1, 0.15) is 16.8 Å². The number of nitrogens with zero attached hydrogens (tertiary/aromatic N) is 1. The summed E-state index contributed by atoms with van der Waals surface area (Å²) in [6, 6.07) is 5.89. The van der Waals surface area contributed by atoms with Crippen LogP contribution in [-0.2, 0) is 13.8 Å². The number of ether oxygens (including phenoxy) is 1. The molecule has 1 aromatic carbocycles. The van der Waals surface area contributed by atoms with Crippen molar-refractivity contribution < 1.29 is 17.9 Å². The molecule has 0 fully saturated rings. The third-order valence-corrected chi connectivity index (χ3v) is 3.95. The Morgan fingerprint density at radius 3 is 2.58 bits per heavy atom. The highest BCUT2D eigenvalue weighted by molar-refractivity contribution is 8.13. The van der Waals surface area contributed by atoms with Gasteiger partial charge in [-0.1, -0.05) is 12.1 Å². The van der Waals surface area contributed by atoms with E-state index < -0.39 is 9.05 Å². The van der Waals surface area contributed by atoms with Gasteiger partial charge in [0.05, 0.1) is 10.5 Å². The van der Waals surface area contributed by atoms with Gasteiger partial charge in [0.15, 0.2) is 0 Å². The minimum absolute atomic E-state index is 0.0809. The van der Waals surface area contributed by atoms with Gasteiger partial charge < -0.3 is 9.64 Å². The van der Waals surface area contributed by atoms with Crippen molar-refractivity contribution >= 4 is 25.6 Å². The second kappa shape index (κ2) is 6.88. The summed E-state index contributed by atoms with van der Waals surface area (Å²) in [5, 5.41) is 0. The molecular formula is C12H16ClNO4S. The molecule has 0 radical (unpaired) electrons. The first kappa shape index (κ1) is 15.9. The van der Waals surface area contributed by atoms with E-state index in [9.17, 15) is 13.2 Å². The quantitative estimate of drug-likeness (QED) is 0.593. The van der Waals surface area contributed by atoms with Crippen LogP contribution >= 0.6 is 10.7 Å². The Bertz CT molecular complexity index is 544. The van der Waals surface area contributed by atoms with E-state index in [1.165, 1.54) is 23.1 Å². The molecule has 0 heterocycles. The van der Waals surface area contributed by atoms with E-state index in [0.29, 0.717) is 19.6 Å². The highest BCUT2D eigenvalue weighted by Gasteiger charge is 2.21. The van der Waals surface area contributed by atoms with E-state index in [4.69, 9.17) is 15.4 Å². The van der Waals surface area contributed by atoms with E-state index in [2.05, 4.69) is 0 Å². The van der Waals surface area contributed by atoms with Crippen molar-refractivity contribution in [2.45, 2.75) is 11.3 Å². The molecule has 0 aliphatic rings. The van der Waals surface area contributed by atoms with Crippen LogP contribution in [0.15, 0.2) is 29.2 Å². The first-order valence-electron chi connectivity index (χ1n) is 5.66. The van der Waals surface area contributed by atoms with Crippen molar-refractivity contribution in [3.05, 3.63) is 29.8 Å².